The van der Waals surface area contributed by atoms with Gasteiger partial charge >= 0.3 is 5.97 Å². The Kier molecular flexibility index (Phi) is 4.58. The van der Waals surface area contributed by atoms with Gasteiger partial charge in [-0.1, -0.05) is 19.3 Å². The van der Waals surface area contributed by atoms with E-state index in [9.17, 15) is 4.79 Å². The van der Waals surface area contributed by atoms with E-state index in [1.54, 1.807) is 11.7 Å². The molecule has 1 atom stereocenters. The molecule has 0 bridgehead atoms. The van der Waals surface area contributed by atoms with Crippen LogP contribution in [0.3, 0.4) is 0 Å². The lowest BCUT2D eigenvalue weighted by Crippen LogP contribution is -2.35. The summed E-state index contributed by atoms with van der Waals surface area (Å²) in [5.41, 5.74) is 1.04. The molecule has 0 unspecified atom stereocenters. The van der Waals surface area contributed by atoms with Crippen molar-refractivity contribution in [3.8, 4) is 0 Å². The molecule has 1 heterocycles. The molecule has 1 aliphatic carbocycles. The van der Waals surface area contributed by atoms with Gasteiger partial charge in [0.25, 0.3) is 0 Å². The van der Waals surface area contributed by atoms with Gasteiger partial charge in [-0.05, 0) is 25.7 Å². The molecule has 106 valence electrons. The van der Waals surface area contributed by atoms with Crippen LogP contribution in [0.25, 0.3) is 0 Å². The van der Waals surface area contributed by atoms with Crippen LogP contribution in [0.15, 0.2) is 6.20 Å². The van der Waals surface area contributed by atoms with Crippen LogP contribution in [0.4, 0.5) is 0 Å². The van der Waals surface area contributed by atoms with Gasteiger partial charge in [-0.2, -0.15) is 5.10 Å². The molecule has 19 heavy (non-hydrogen) atoms. The highest BCUT2D eigenvalue weighted by Gasteiger charge is 2.21. The lowest BCUT2D eigenvalue weighted by molar-refractivity contribution is 0.0695. The minimum atomic E-state index is -0.907. The van der Waals surface area contributed by atoms with Crippen molar-refractivity contribution in [2.45, 2.75) is 51.6 Å². The summed E-state index contributed by atoms with van der Waals surface area (Å²) in [7, 11) is 1.79. The molecule has 0 aromatic carbocycles. The smallest absolute Gasteiger partial charge is 0.339 e. The number of nitrogens with one attached hydrogen (secondary N) is 1. The normalized spacial score (nSPS) is 18.4. The fraction of sp³-hybridized carbons (Fsp3) is 0.714. The van der Waals surface area contributed by atoms with E-state index in [1.165, 1.54) is 38.3 Å². The van der Waals surface area contributed by atoms with Crippen molar-refractivity contribution < 1.29 is 9.90 Å². The summed E-state index contributed by atoms with van der Waals surface area (Å²) in [6.07, 6.45) is 7.99. The fourth-order valence-electron chi connectivity index (χ4n) is 2.91. The molecule has 1 saturated carbocycles. The Morgan fingerprint density at radius 2 is 2.21 bits per heavy atom. The Bertz CT molecular complexity index is 436. The first-order valence-corrected chi connectivity index (χ1v) is 7.07. The van der Waals surface area contributed by atoms with Gasteiger partial charge in [-0.15, -0.1) is 0 Å². The van der Waals surface area contributed by atoms with Crippen LogP contribution >= 0.6 is 0 Å². The highest BCUT2D eigenvalue weighted by molar-refractivity contribution is 5.88. The van der Waals surface area contributed by atoms with Crippen molar-refractivity contribution >= 4 is 5.97 Å². The van der Waals surface area contributed by atoms with Crippen LogP contribution in [-0.4, -0.2) is 26.9 Å². The highest BCUT2D eigenvalue weighted by Crippen LogP contribution is 2.26. The third kappa shape index (κ3) is 3.35. The van der Waals surface area contributed by atoms with E-state index >= 15 is 0 Å². The minimum Gasteiger partial charge on any atom is -0.478 e. The van der Waals surface area contributed by atoms with Gasteiger partial charge < -0.3 is 10.4 Å². The summed E-state index contributed by atoms with van der Waals surface area (Å²) < 4.78 is 1.64. The van der Waals surface area contributed by atoms with E-state index in [4.69, 9.17) is 5.11 Å². The predicted octanol–water partition coefficient (Wildman–Crippen LogP) is 2.18. The standard InChI is InChI=1S/C14H23N3O2/c1-10(11-6-4-3-5-7-11)15-9-13-12(14(18)19)8-16-17(13)2/h8,10-11,15H,3-7,9H2,1-2H3,(H,18,19)/t10-/m0/s1. The minimum absolute atomic E-state index is 0.297. The van der Waals surface area contributed by atoms with Gasteiger partial charge in [0.2, 0.25) is 0 Å². The molecule has 1 aromatic rings. The lowest BCUT2D eigenvalue weighted by Gasteiger charge is -2.28. The molecule has 1 fully saturated rings. The van der Waals surface area contributed by atoms with Crippen LogP contribution in [-0.2, 0) is 13.6 Å². The Hall–Kier alpha value is -1.36. The molecule has 1 aromatic heterocycles. The highest BCUT2D eigenvalue weighted by atomic mass is 16.4. The summed E-state index contributed by atoms with van der Waals surface area (Å²) in [5, 5.41) is 16.6. The van der Waals surface area contributed by atoms with E-state index in [2.05, 4.69) is 17.3 Å². The van der Waals surface area contributed by atoms with Crippen molar-refractivity contribution in [2.24, 2.45) is 13.0 Å². The third-order valence-corrected chi connectivity index (χ3v) is 4.24. The maximum Gasteiger partial charge on any atom is 0.339 e. The van der Waals surface area contributed by atoms with Crippen molar-refractivity contribution in [3.05, 3.63) is 17.5 Å². The number of aromatic carboxylic acids is 1. The van der Waals surface area contributed by atoms with Crippen molar-refractivity contribution in [1.29, 1.82) is 0 Å². The van der Waals surface area contributed by atoms with Crippen LogP contribution in [0, 0.1) is 5.92 Å². The van der Waals surface area contributed by atoms with Gasteiger partial charge in [0, 0.05) is 19.6 Å². The largest absolute Gasteiger partial charge is 0.478 e. The molecule has 0 aliphatic heterocycles. The Labute approximate surface area is 114 Å². The SMILES string of the molecule is C[C@H](NCc1c(C(=O)O)cnn1C)C1CCCCC1. The van der Waals surface area contributed by atoms with Gasteiger partial charge in [0.15, 0.2) is 0 Å². The number of carboxylic acids is 1. The number of rotatable bonds is 5. The van der Waals surface area contributed by atoms with Crippen molar-refractivity contribution in [3.63, 3.8) is 0 Å². The molecular weight excluding hydrogens is 242 g/mol. The number of hydrogen-bond donors (Lipinski definition) is 2. The van der Waals surface area contributed by atoms with E-state index in [1.807, 2.05) is 0 Å². The number of hydrogen-bond acceptors (Lipinski definition) is 3. The zero-order chi connectivity index (χ0) is 13.8. The molecular formula is C14H23N3O2. The van der Waals surface area contributed by atoms with E-state index < -0.39 is 5.97 Å². The second kappa shape index (κ2) is 6.19. The second-order valence-electron chi connectivity index (χ2n) is 5.50. The average Bonchev–Trinajstić information content (AvgIpc) is 2.78. The van der Waals surface area contributed by atoms with E-state index in [-0.39, 0.29) is 0 Å². The Morgan fingerprint density at radius 3 is 2.84 bits per heavy atom. The van der Waals surface area contributed by atoms with Crippen LogP contribution in [0.2, 0.25) is 0 Å². The topological polar surface area (TPSA) is 67.2 Å². The number of carbonyl (C=O) groups is 1. The maximum atomic E-state index is 11.1. The molecule has 2 rings (SSSR count). The van der Waals surface area contributed by atoms with Crippen LogP contribution in [0.5, 0.6) is 0 Å². The summed E-state index contributed by atoms with van der Waals surface area (Å²) in [6.45, 7) is 2.77. The third-order valence-electron chi connectivity index (χ3n) is 4.24. The van der Waals surface area contributed by atoms with Gasteiger partial charge in [0.05, 0.1) is 11.9 Å². The predicted molar refractivity (Wildman–Crippen MR) is 73.0 cm³/mol. The number of aryl methyl sites for hydroxylation is 1. The molecule has 5 heteroatoms. The first-order valence-electron chi connectivity index (χ1n) is 7.07. The Morgan fingerprint density at radius 1 is 1.53 bits per heavy atom. The van der Waals surface area contributed by atoms with E-state index in [0.29, 0.717) is 18.2 Å². The first-order chi connectivity index (χ1) is 9.09. The zero-order valence-electron chi connectivity index (χ0n) is 11.7. The van der Waals surface area contributed by atoms with Gasteiger partial charge in [0.1, 0.15) is 5.56 Å². The summed E-state index contributed by atoms with van der Waals surface area (Å²) in [4.78, 5) is 11.1. The van der Waals surface area contributed by atoms with E-state index in [0.717, 1.165) is 11.6 Å². The lowest BCUT2D eigenvalue weighted by atomic mass is 9.84. The fourth-order valence-corrected chi connectivity index (χ4v) is 2.91. The Balaban J connectivity index is 1.94. The molecule has 0 amide bonds. The van der Waals surface area contributed by atoms with Crippen molar-refractivity contribution in [1.82, 2.24) is 15.1 Å². The summed E-state index contributed by atoms with van der Waals surface area (Å²) in [6, 6.07) is 0.428. The summed E-state index contributed by atoms with van der Waals surface area (Å²) >= 11 is 0. The molecule has 2 N–H and O–H groups in total. The number of carboxylic acid groups (broad SMARTS) is 1. The molecule has 1 aliphatic rings. The first kappa shape index (κ1) is 14.1. The zero-order valence-corrected chi connectivity index (χ0v) is 11.7. The molecule has 0 saturated heterocycles. The summed E-state index contributed by atoms with van der Waals surface area (Å²) in [5.74, 6) is -0.189. The molecule has 0 spiro atoms. The van der Waals surface area contributed by atoms with Crippen molar-refractivity contribution in [2.75, 3.05) is 0 Å². The van der Waals surface area contributed by atoms with Gasteiger partial charge in [-0.25, -0.2) is 4.79 Å². The average molecular weight is 265 g/mol. The number of nitrogens with zero attached hydrogens (tertiary/aromatic N) is 2. The van der Waals surface area contributed by atoms with Gasteiger partial charge in [-0.3, -0.25) is 4.68 Å². The molecule has 0 radical (unpaired) electrons. The van der Waals surface area contributed by atoms with Crippen LogP contribution in [0.1, 0.15) is 55.1 Å². The van der Waals surface area contributed by atoms with Crippen LogP contribution < -0.4 is 5.32 Å². The quantitative estimate of drug-likeness (QED) is 0.856. The maximum absolute atomic E-state index is 11.1. The number of aromatic nitrogens is 2. The second-order valence-corrected chi connectivity index (χ2v) is 5.50. The monoisotopic (exact) mass is 265 g/mol. The molecule has 5 nitrogen and oxygen atoms in total.